The maximum atomic E-state index is 14.2. The molecule has 140 heavy (non-hydrogen) atoms. The van der Waals surface area contributed by atoms with Gasteiger partial charge >= 0.3 is 34.4 Å². The number of aliphatic hydroxyl groups is 4. The number of benzene rings is 8. The van der Waals surface area contributed by atoms with E-state index >= 15 is 0 Å². The number of unbranched alkanes of at least 4 members (excludes halogenated alkanes) is 40. The van der Waals surface area contributed by atoms with Crippen molar-refractivity contribution in [1.82, 2.24) is 0 Å². The Kier molecular flexibility index (Phi) is 60.8. The zero-order valence-corrected chi connectivity index (χ0v) is 92.3. The second-order valence-corrected chi connectivity index (χ2v) is 45.4. The first-order chi connectivity index (χ1) is 67.1. The minimum Gasteiger partial charge on any atom is -0.508 e. The summed E-state index contributed by atoms with van der Waals surface area (Å²) in [6.07, 6.45) is 63.8. The van der Waals surface area contributed by atoms with E-state index in [1.54, 1.807) is 5.56 Å². The Hall–Kier alpha value is -5.48. The highest BCUT2D eigenvalue weighted by Crippen LogP contribution is 2.55. The van der Waals surface area contributed by atoms with Gasteiger partial charge in [0.2, 0.25) is 0 Å². The van der Waals surface area contributed by atoms with Gasteiger partial charge in [0.15, 0.2) is 0 Å². The summed E-state index contributed by atoms with van der Waals surface area (Å²) in [5.41, 5.74) is 10.5. The highest BCUT2D eigenvalue weighted by atomic mass is 31.2. The minimum atomic E-state index is -2.61. The molecule has 0 spiro atoms. The largest absolute Gasteiger partial charge is 0.508 e. The van der Waals surface area contributed by atoms with Crippen molar-refractivity contribution in [2.24, 2.45) is 5.41 Å². The molecule has 784 valence electrons. The van der Waals surface area contributed by atoms with E-state index in [4.69, 9.17) is 39.1 Å². The zero-order valence-electron chi connectivity index (χ0n) is 88.7. The molecule has 0 saturated carbocycles. The number of aromatic hydroxyl groups is 2. The van der Waals surface area contributed by atoms with Crippen LogP contribution in [0.25, 0.3) is 0 Å². The van der Waals surface area contributed by atoms with Crippen molar-refractivity contribution < 1.29 is 78.4 Å². The third kappa shape index (κ3) is 40.6. The van der Waals surface area contributed by atoms with Gasteiger partial charge in [0, 0.05) is 38.2 Å². The topological polar surface area (TPSA) is 302 Å². The van der Waals surface area contributed by atoms with Crippen molar-refractivity contribution in [3.63, 3.8) is 0 Å². The third-order valence-electron chi connectivity index (χ3n) is 29.8. The number of para-hydroxylation sites is 1. The normalized spacial score (nSPS) is 12.3. The summed E-state index contributed by atoms with van der Waals surface area (Å²) in [5, 5.41) is 73.0. The molecule has 0 aromatic heterocycles. The fourth-order valence-electron chi connectivity index (χ4n) is 20.7. The highest BCUT2D eigenvalue weighted by molar-refractivity contribution is 7.53. The van der Waals surface area contributed by atoms with E-state index in [9.17, 15) is 30.6 Å². The Bertz CT molecular complexity index is 4370. The molecule has 0 bridgehead atoms. The van der Waals surface area contributed by atoms with Crippen LogP contribution in [0.1, 0.15) is 468 Å². The first-order valence-electron chi connectivity index (χ1n) is 53.9. The van der Waals surface area contributed by atoms with E-state index in [2.05, 4.69) is 215 Å². The fraction of sp³-hybridized carbons (Fsp3) is 0.600. The SMILES string of the molecule is CC(C)(c1ccccc1)c1ccc(C(O)(c2ccc(C(C)(C)c3ccccc3)cc2C(C)(C)c2ccccc2)C(CO)(CO)CO)c(C(C)(C)c2ccccc2)c1.CCCCCCCCCCCCCc1c(O)c(C(C)(C)c2ccccc2O)c(CCCCCCCCCCCCC)c(CCCCCCCCCCCCC)c1CCCCCCCCCCCCC.OP(O)OP(O)O.OP(O)OP(O)O. The Labute approximate surface area is 853 Å². The predicted molar refractivity (Wildman–Crippen MR) is 590 cm³/mol. The maximum absolute atomic E-state index is 14.2. The van der Waals surface area contributed by atoms with Crippen molar-refractivity contribution in [2.45, 2.75) is 438 Å². The van der Waals surface area contributed by atoms with Crippen molar-refractivity contribution >= 4 is 34.4 Å². The first-order valence-corrected chi connectivity index (χ1v) is 58.6. The van der Waals surface area contributed by atoms with Gasteiger partial charge < -0.3 is 69.8 Å². The number of rotatable bonds is 68. The van der Waals surface area contributed by atoms with Crippen LogP contribution in [0.3, 0.4) is 0 Å². The van der Waals surface area contributed by atoms with Crippen LogP contribution in [0.15, 0.2) is 182 Å². The molecule has 0 saturated heterocycles. The smallest absolute Gasteiger partial charge is 0.334 e. The molecule has 0 aliphatic carbocycles. The molecule has 14 N–H and O–H groups in total. The average molecular weight is 2010 g/mol. The van der Waals surface area contributed by atoms with Crippen LogP contribution in [-0.4, -0.2) is 89.6 Å². The summed E-state index contributed by atoms with van der Waals surface area (Å²) in [7, 11) is -10.4. The average Bonchev–Trinajstić information content (AvgIpc) is 0.702. The first kappa shape index (κ1) is 125. The summed E-state index contributed by atoms with van der Waals surface area (Å²) in [6, 6.07) is 61.7. The minimum absolute atomic E-state index is 0.353. The van der Waals surface area contributed by atoms with E-state index in [1.807, 2.05) is 72.8 Å². The second kappa shape index (κ2) is 68.1. The lowest BCUT2D eigenvalue weighted by atomic mass is 9.58. The Balaban J connectivity index is 0.000000438. The summed E-state index contributed by atoms with van der Waals surface area (Å²) in [5.74, 6) is 0.931. The molecule has 0 aliphatic rings. The standard InChI is InChI=1S/C67H120O2.C53H60O4.2H4O5P2/c1-7-11-15-19-23-27-31-35-39-43-47-53-59-60(54-48-44-40-36-32-28-24-20-16-12-8-2)62(56-50-46-42-38-34-30-26-22-18-14-10-4)66(69)65(67(5,6)63-57-51-52-58-64(63)68)61(59)55-49-45-41-37-33-29-25-21-17-13-9-3;1-48(2,38-21-13-9-14-22-38)42-29-31-44(46(33-42)50(5,6)40-25-17-11-18-26-40)53(57,52(35-54,36-55)37-56)45-32-30-43(49(3,4)39-23-15-10-16-24-39)34-47(45)51(7,8)41-27-19-12-20-28-41;2*1-6(2)5-7(3)4/h51-52,57-58,68-69H,7-50,53-56H2,1-6H3;9-34,54-57H,35-37H2,1-8H3;2*1-4H. The summed E-state index contributed by atoms with van der Waals surface area (Å²) < 4.78 is 7.20. The monoisotopic (exact) mass is 2010 g/mol. The predicted octanol–water partition coefficient (Wildman–Crippen LogP) is 31.9. The molecule has 20 heteroatoms. The number of phenols is 2. The Morgan fingerprint density at radius 2 is 0.457 bits per heavy atom. The van der Waals surface area contributed by atoms with Crippen LogP contribution >= 0.6 is 34.4 Å². The number of aliphatic hydroxyl groups excluding tert-OH is 3. The molecule has 0 aliphatic heterocycles. The van der Waals surface area contributed by atoms with Crippen molar-refractivity contribution in [3.8, 4) is 11.5 Å². The van der Waals surface area contributed by atoms with E-state index in [0.717, 1.165) is 87.7 Å². The van der Waals surface area contributed by atoms with Crippen LogP contribution in [0.5, 0.6) is 11.5 Å². The van der Waals surface area contributed by atoms with Gasteiger partial charge in [-0.3, -0.25) is 0 Å². The fourth-order valence-corrected chi connectivity index (χ4v) is 21.8. The molecule has 0 fully saturated rings. The molecule has 0 heterocycles. The molecule has 0 radical (unpaired) electrons. The number of hydrogen-bond donors (Lipinski definition) is 14. The maximum Gasteiger partial charge on any atom is 0.334 e. The lowest BCUT2D eigenvalue weighted by molar-refractivity contribution is -0.137. The van der Waals surface area contributed by atoms with E-state index in [0.29, 0.717) is 22.6 Å². The van der Waals surface area contributed by atoms with E-state index in [1.165, 1.54) is 293 Å². The van der Waals surface area contributed by atoms with Crippen molar-refractivity contribution in [2.75, 3.05) is 19.8 Å². The molecule has 8 aromatic rings. The molecular weight excluding hydrogens is 1820 g/mol. The van der Waals surface area contributed by atoms with Crippen LogP contribution in [-0.2, 0) is 67.0 Å². The quantitative estimate of drug-likeness (QED) is 0.0124. The lowest BCUT2D eigenvalue weighted by Gasteiger charge is -2.49. The summed E-state index contributed by atoms with van der Waals surface area (Å²) in [4.78, 5) is 62.5. The molecule has 0 unspecified atom stereocenters. The second-order valence-electron chi connectivity index (χ2n) is 42.0. The van der Waals surface area contributed by atoms with Gasteiger partial charge in [0.05, 0.1) is 25.2 Å². The summed E-state index contributed by atoms with van der Waals surface area (Å²) >= 11 is 0. The van der Waals surface area contributed by atoms with Gasteiger partial charge in [0.1, 0.15) is 17.1 Å². The van der Waals surface area contributed by atoms with Crippen molar-refractivity contribution in [1.29, 1.82) is 0 Å². The molecule has 8 rings (SSSR count). The van der Waals surface area contributed by atoms with E-state index in [-0.39, 0.29) is 0 Å². The lowest BCUT2D eigenvalue weighted by Crippen LogP contribution is -2.56. The third-order valence-corrected chi connectivity index (χ3v) is 32.1. The Morgan fingerprint density at radius 3 is 0.707 bits per heavy atom. The Morgan fingerprint density at radius 1 is 0.229 bits per heavy atom. The highest BCUT2D eigenvalue weighted by Gasteiger charge is 2.56. The molecule has 8 aromatic carbocycles. The number of hydrogen-bond acceptors (Lipinski definition) is 16. The molecule has 16 nitrogen and oxygen atoms in total. The van der Waals surface area contributed by atoms with Crippen LogP contribution in [0.2, 0.25) is 0 Å². The molecule has 0 amide bonds. The van der Waals surface area contributed by atoms with Crippen molar-refractivity contribution in [3.05, 3.63) is 271 Å². The zero-order chi connectivity index (χ0) is 103. The van der Waals surface area contributed by atoms with Gasteiger partial charge in [-0.05, 0) is 135 Å². The van der Waals surface area contributed by atoms with Gasteiger partial charge in [-0.25, -0.2) is 8.62 Å². The van der Waals surface area contributed by atoms with Crippen LogP contribution in [0, 0.1) is 5.41 Å². The van der Waals surface area contributed by atoms with Gasteiger partial charge in [-0.1, -0.05) is 530 Å². The van der Waals surface area contributed by atoms with Crippen LogP contribution < -0.4 is 0 Å². The van der Waals surface area contributed by atoms with Gasteiger partial charge in [-0.2, -0.15) is 0 Å². The molecular formula is C120H188O16P4. The number of phenolic OH excluding ortho intramolecular Hbond substituents is 2. The van der Waals surface area contributed by atoms with Gasteiger partial charge in [0.25, 0.3) is 0 Å². The summed E-state index contributed by atoms with van der Waals surface area (Å²) in [6.45, 7) is 29.2. The van der Waals surface area contributed by atoms with Crippen LogP contribution in [0.4, 0.5) is 0 Å². The van der Waals surface area contributed by atoms with E-state index < -0.39 is 92.3 Å². The van der Waals surface area contributed by atoms with Gasteiger partial charge in [-0.15, -0.1) is 0 Å². The molecule has 0 atom stereocenters.